The average Bonchev–Trinajstić information content (AvgIpc) is 2.87. The van der Waals surface area contributed by atoms with E-state index in [4.69, 9.17) is 23.7 Å². The van der Waals surface area contributed by atoms with E-state index in [9.17, 15) is 0 Å². The summed E-state index contributed by atoms with van der Waals surface area (Å²) in [6, 6.07) is 12.0. The Balaban J connectivity index is 1.70. The predicted octanol–water partition coefficient (Wildman–Crippen LogP) is 4.09. The van der Waals surface area contributed by atoms with Crippen molar-refractivity contribution in [2.75, 3.05) is 67.0 Å². The third-order valence-corrected chi connectivity index (χ3v) is 6.77. The minimum atomic E-state index is 0.741. The molecule has 0 unspecified atom stereocenters. The van der Waals surface area contributed by atoms with Gasteiger partial charge in [-0.05, 0) is 25.1 Å². The molecule has 1 heterocycles. The maximum atomic E-state index is 5.64. The van der Waals surface area contributed by atoms with Crippen LogP contribution < -0.4 is 18.9 Å². The standard InChI is InChI=1S/C25H36N2O5S/c1-28-22-8-6-20(24(16-22)30-3)18-27(33-15-5-10-26-11-13-32-14-12-26)19-21-7-9-23(29-2)17-25(21)31-4/h6-9,16-17H,5,10-15,18-19H2,1-4H3. The monoisotopic (exact) mass is 476 g/mol. The third kappa shape index (κ3) is 7.71. The number of benzene rings is 2. The number of nitrogens with zero attached hydrogens (tertiary/aromatic N) is 2. The molecular weight excluding hydrogens is 440 g/mol. The molecule has 0 aromatic heterocycles. The van der Waals surface area contributed by atoms with Gasteiger partial charge in [0, 0.05) is 55.2 Å². The van der Waals surface area contributed by atoms with Crippen LogP contribution in [0.5, 0.6) is 23.0 Å². The summed E-state index contributed by atoms with van der Waals surface area (Å²) in [7, 11) is 6.73. The van der Waals surface area contributed by atoms with Crippen LogP contribution in [0.4, 0.5) is 0 Å². The lowest BCUT2D eigenvalue weighted by atomic mass is 10.1. The van der Waals surface area contributed by atoms with E-state index in [1.165, 1.54) is 0 Å². The highest BCUT2D eigenvalue weighted by molar-refractivity contribution is 7.96. The molecule has 0 saturated carbocycles. The summed E-state index contributed by atoms with van der Waals surface area (Å²) in [5, 5.41) is 0. The van der Waals surface area contributed by atoms with Crippen molar-refractivity contribution in [3.63, 3.8) is 0 Å². The van der Waals surface area contributed by atoms with Crippen molar-refractivity contribution < 1.29 is 23.7 Å². The van der Waals surface area contributed by atoms with Crippen LogP contribution in [0.2, 0.25) is 0 Å². The maximum absolute atomic E-state index is 5.64. The van der Waals surface area contributed by atoms with Crippen LogP contribution in [0.25, 0.3) is 0 Å². The van der Waals surface area contributed by atoms with Crippen LogP contribution in [0.15, 0.2) is 36.4 Å². The number of methoxy groups -OCH3 is 4. The SMILES string of the molecule is COc1ccc(CN(Cc2ccc(OC)cc2OC)SCCCN2CCOCC2)c(OC)c1. The minimum absolute atomic E-state index is 0.741. The molecule has 0 amide bonds. The molecule has 0 aliphatic carbocycles. The molecule has 7 nitrogen and oxygen atoms in total. The van der Waals surface area contributed by atoms with E-state index in [-0.39, 0.29) is 0 Å². The molecule has 3 rings (SSSR count). The molecular formula is C25H36N2O5S. The molecule has 0 N–H and O–H groups in total. The van der Waals surface area contributed by atoms with Crippen LogP contribution in [-0.4, -0.2) is 76.2 Å². The van der Waals surface area contributed by atoms with E-state index in [2.05, 4.69) is 21.3 Å². The zero-order valence-corrected chi connectivity index (χ0v) is 21.0. The van der Waals surface area contributed by atoms with Gasteiger partial charge in [-0.1, -0.05) is 24.1 Å². The van der Waals surface area contributed by atoms with Crippen LogP contribution in [-0.2, 0) is 17.8 Å². The van der Waals surface area contributed by atoms with E-state index in [1.54, 1.807) is 28.4 Å². The Morgan fingerprint density at radius 1 is 0.818 bits per heavy atom. The smallest absolute Gasteiger partial charge is 0.127 e. The molecule has 0 radical (unpaired) electrons. The van der Waals surface area contributed by atoms with Gasteiger partial charge in [-0.25, -0.2) is 4.31 Å². The Kier molecular flexibility index (Phi) is 10.5. The number of ether oxygens (including phenoxy) is 5. The normalized spacial score (nSPS) is 14.3. The van der Waals surface area contributed by atoms with Crippen molar-refractivity contribution in [2.24, 2.45) is 0 Å². The van der Waals surface area contributed by atoms with Crippen LogP contribution >= 0.6 is 11.9 Å². The van der Waals surface area contributed by atoms with E-state index in [1.807, 2.05) is 36.2 Å². The number of hydrogen-bond donors (Lipinski definition) is 0. The van der Waals surface area contributed by atoms with Gasteiger partial charge in [0.25, 0.3) is 0 Å². The minimum Gasteiger partial charge on any atom is -0.497 e. The number of morpholine rings is 1. The molecule has 8 heteroatoms. The van der Waals surface area contributed by atoms with E-state index in [0.29, 0.717) is 0 Å². The Labute approximate surface area is 202 Å². The van der Waals surface area contributed by atoms with Gasteiger partial charge in [-0.2, -0.15) is 0 Å². The lowest BCUT2D eigenvalue weighted by molar-refractivity contribution is 0.0381. The summed E-state index contributed by atoms with van der Waals surface area (Å²) in [5.41, 5.74) is 2.23. The summed E-state index contributed by atoms with van der Waals surface area (Å²) in [4.78, 5) is 2.48. The van der Waals surface area contributed by atoms with Crippen molar-refractivity contribution in [3.05, 3.63) is 47.5 Å². The molecule has 1 fully saturated rings. The number of rotatable bonds is 13. The molecule has 0 bridgehead atoms. The summed E-state index contributed by atoms with van der Waals surface area (Å²) in [6.45, 7) is 6.32. The Bertz CT molecular complexity index is 803. The van der Waals surface area contributed by atoms with Gasteiger partial charge in [0.2, 0.25) is 0 Å². The second-order valence-electron chi connectivity index (χ2n) is 7.79. The predicted molar refractivity (Wildman–Crippen MR) is 133 cm³/mol. The van der Waals surface area contributed by atoms with Gasteiger partial charge >= 0.3 is 0 Å². The highest BCUT2D eigenvalue weighted by Crippen LogP contribution is 2.31. The van der Waals surface area contributed by atoms with Gasteiger partial charge < -0.3 is 23.7 Å². The second kappa shape index (κ2) is 13.5. The molecule has 1 aliphatic rings. The number of hydrogen-bond acceptors (Lipinski definition) is 8. The van der Waals surface area contributed by atoms with Crippen molar-refractivity contribution in [2.45, 2.75) is 19.5 Å². The fraction of sp³-hybridized carbons (Fsp3) is 0.520. The first-order valence-electron chi connectivity index (χ1n) is 11.3. The van der Waals surface area contributed by atoms with Gasteiger partial charge in [0.15, 0.2) is 0 Å². The van der Waals surface area contributed by atoms with Crippen LogP contribution in [0.3, 0.4) is 0 Å². The summed E-state index contributed by atoms with van der Waals surface area (Å²) in [5.74, 6) is 4.27. The van der Waals surface area contributed by atoms with E-state index in [0.717, 1.165) is 92.2 Å². The molecule has 33 heavy (non-hydrogen) atoms. The maximum Gasteiger partial charge on any atom is 0.127 e. The quantitative estimate of drug-likeness (QED) is 0.317. The molecule has 182 valence electrons. The molecule has 1 saturated heterocycles. The summed E-state index contributed by atoms with van der Waals surface area (Å²) < 4.78 is 29.8. The molecule has 0 atom stereocenters. The topological polar surface area (TPSA) is 52.6 Å². The Morgan fingerprint density at radius 2 is 1.36 bits per heavy atom. The van der Waals surface area contributed by atoms with Gasteiger partial charge in [-0.15, -0.1) is 0 Å². The zero-order chi connectivity index (χ0) is 23.5. The fourth-order valence-corrected chi connectivity index (χ4v) is 4.78. The van der Waals surface area contributed by atoms with Crippen molar-refractivity contribution in [1.29, 1.82) is 0 Å². The average molecular weight is 477 g/mol. The molecule has 2 aromatic rings. The second-order valence-corrected chi connectivity index (χ2v) is 8.98. The highest BCUT2D eigenvalue weighted by Gasteiger charge is 2.16. The Morgan fingerprint density at radius 3 is 1.85 bits per heavy atom. The highest BCUT2D eigenvalue weighted by atomic mass is 32.2. The third-order valence-electron chi connectivity index (χ3n) is 5.68. The van der Waals surface area contributed by atoms with Gasteiger partial charge in [0.05, 0.1) is 41.7 Å². The molecule has 2 aromatic carbocycles. The van der Waals surface area contributed by atoms with Gasteiger partial charge in [-0.3, -0.25) is 4.90 Å². The van der Waals surface area contributed by atoms with Crippen LogP contribution in [0, 0.1) is 0 Å². The van der Waals surface area contributed by atoms with E-state index >= 15 is 0 Å². The fourth-order valence-electron chi connectivity index (χ4n) is 3.80. The zero-order valence-electron chi connectivity index (χ0n) is 20.2. The summed E-state index contributed by atoms with van der Waals surface area (Å²) in [6.07, 6.45) is 1.13. The van der Waals surface area contributed by atoms with Crippen molar-refractivity contribution in [3.8, 4) is 23.0 Å². The first-order chi connectivity index (χ1) is 16.2. The lowest BCUT2D eigenvalue weighted by Gasteiger charge is -2.27. The van der Waals surface area contributed by atoms with Crippen molar-refractivity contribution in [1.82, 2.24) is 9.21 Å². The molecule has 0 spiro atoms. The van der Waals surface area contributed by atoms with Crippen LogP contribution in [0.1, 0.15) is 17.5 Å². The lowest BCUT2D eigenvalue weighted by Crippen LogP contribution is -2.37. The Hall–Kier alpha value is -2.13. The largest absolute Gasteiger partial charge is 0.497 e. The van der Waals surface area contributed by atoms with E-state index < -0.39 is 0 Å². The van der Waals surface area contributed by atoms with Crippen molar-refractivity contribution >= 4 is 11.9 Å². The first kappa shape index (κ1) is 25.5. The summed E-state index contributed by atoms with van der Waals surface area (Å²) >= 11 is 1.86. The van der Waals surface area contributed by atoms with Gasteiger partial charge in [0.1, 0.15) is 23.0 Å². The molecule has 1 aliphatic heterocycles. The first-order valence-corrected chi connectivity index (χ1v) is 12.2.